The third-order valence-electron chi connectivity index (χ3n) is 2.54. The first-order valence-corrected chi connectivity index (χ1v) is 6.17. The molecule has 0 aliphatic heterocycles. The average Bonchev–Trinajstić information content (AvgIpc) is 2.35. The lowest BCUT2D eigenvalue weighted by Crippen LogP contribution is -1.98. The third kappa shape index (κ3) is 2.77. The monoisotopic (exact) mass is 291 g/mol. The van der Waals surface area contributed by atoms with Crippen molar-refractivity contribution >= 4 is 33.3 Å². The smallest absolute Gasteiger partial charge is 0.132 e. The van der Waals surface area contributed by atoms with E-state index in [0.29, 0.717) is 0 Å². The number of hydrogen-bond donors (Lipinski definition) is 2. The second-order valence-corrected chi connectivity index (χ2v) is 4.55. The predicted octanol–water partition coefficient (Wildman–Crippen LogP) is 3.94. The maximum atomic E-state index is 4.42. The highest BCUT2D eigenvalue weighted by atomic mass is 79.9. The van der Waals surface area contributed by atoms with Gasteiger partial charge >= 0.3 is 0 Å². The first-order chi connectivity index (χ1) is 8.20. The summed E-state index contributed by atoms with van der Waals surface area (Å²) in [7, 11) is 1.86. The van der Waals surface area contributed by atoms with Crippen molar-refractivity contribution in [2.45, 2.75) is 6.92 Å². The molecule has 0 aliphatic rings. The van der Waals surface area contributed by atoms with Crippen LogP contribution in [0.2, 0.25) is 0 Å². The first kappa shape index (κ1) is 11.9. The zero-order valence-electron chi connectivity index (χ0n) is 9.79. The largest absolute Gasteiger partial charge is 0.373 e. The van der Waals surface area contributed by atoms with Gasteiger partial charge < -0.3 is 10.6 Å². The van der Waals surface area contributed by atoms with Crippen molar-refractivity contribution in [2.75, 3.05) is 17.7 Å². The van der Waals surface area contributed by atoms with E-state index in [-0.39, 0.29) is 0 Å². The van der Waals surface area contributed by atoms with Crippen molar-refractivity contribution < 1.29 is 0 Å². The van der Waals surface area contributed by atoms with Gasteiger partial charge in [0.2, 0.25) is 0 Å². The van der Waals surface area contributed by atoms with Gasteiger partial charge in [-0.3, -0.25) is 0 Å². The average molecular weight is 292 g/mol. The fourth-order valence-corrected chi connectivity index (χ4v) is 1.89. The van der Waals surface area contributed by atoms with Crippen LogP contribution in [-0.2, 0) is 0 Å². The lowest BCUT2D eigenvalue weighted by molar-refractivity contribution is 1.27. The molecule has 88 valence electrons. The topological polar surface area (TPSA) is 37.0 Å². The third-order valence-corrected chi connectivity index (χ3v) is 3.39. The quantitative estimate of drug-likeness (QED) is 0.899. The van der Waals surface area contributed by atoms with Crippen LogP contribution in [0.25, 0.3) is 0 Å². The Balaban J connectivity index is 2.28. The Bertz CT molecular complexity index is 526. The molecular formula is C13H14BrN3. The van der Waals surface area contributed by atoms with Crippen molar-refractivity contribution in [2.24, 2.45) is 0 Å². The van der Waals surface area contributed by atoms with Crippen molar-refractivity contribution in [3.63, 3.8) is 0 Å². The molecule has 0 bridgehead atoms. The van der Waals surface area contributed by atoms with Crippen LogP contribution in [-0.4, -0.2) is 12.0 Å². The van der Waals surface area contributed by atoms with Gasteiger partial charge in [0.25, 0.3) is 0 Å². The molecule has 0 amide bonds. The molecule has 0 saturated heterocycles. The number of anilines is 3. The summed E-state index contributed by atoms with van der Waals surface area (Å²) in [6.07, 6.45) is 0. The minimum absolute atomic E-state index is 0.832. The van der Waals surface area contributed by atoms with Crippen molar-refractivity contribution in [3.05, 3.63) is 46.4 Å². The Hall–Kier alpha value is -1.55. The number of nitrogens with zero attached hydrogens (tertiary/aromatic N) is 1. The molecule has 4 heteroatoms. The SMILES string of the molecule is CNc1cccc(Nc2cccc(Br)c2C)n1. The maximum Gasteiger partial charge on any atom is 0.132 e. The minimum Gasteiger partial charge on any atom is -0.373 e. The lowest BCUT2D eigenvalue weighted by atomic mass is 10.2. The van der Waals surface area contributed by atoms with Gasteiger partial charge in [-0.1, -0.05) is 28.1 Å². The summed E-state index contributed by atoms with van der Waals surface area (Å²) in [5, 5.41) is 6.33. The summed E-state index contributed by atoms with van der Waals surface area (Å²) in [6.45, 7) is 2.06. The number of benzene rings is 1. The van der Waals surface area contributed by atoms with E-state index < -0.39 is 0 Å². The second-order valence-electron chi connectivity index (χ2n) is 3.70. The Morgan fingerprint density at radius 3 is 2.53 bits per heavy atom. The molecule has 17 heavy (non-hydrogen) atoms. The van der Waals surface area contributed by atoms with Gasteiger partial charge in [-0.05, 0) is 36.8 Å². The summed E-state index contributed by atoms with van der Waals surface area (Å²) in [5.41, 5.74) is 2.23. The Kier molecular flexibility index (Phi) is 3.64. The first-order valence-electron chi connectivity index (χ1n) is 5.37. The van der Waals surface area contributed by atoms with Gasteiger partial charge in [-0.25, -0.2) is 4.98 Å². The summed E-state index contributed by atoms with van der Waals surface area (Å²) < 4.78 is 1.09. The highest BCUT2D eigenvalue weighted by Gasteiger charge is 2.02. The van der Waals surface area contributed by atoms with E-state index in [4.69, 9.17) is 0 Å². The predicted molar refractivity (Wildman–Crippen MR) is 75.9 cm³/mol. The zero-order valence-corrected chi connectivity index (χ0v) is 11.4. The van der Waals surface area contributed by atoms with E-state index in [1.165, 1.54) is 5.56 Å². The van der Waals surface area contributed by atoms with Crippen LogP contribution in [0.4, 0.5) is 17.3 Å². The lowest BCUT2D eigenvalue weighted by Gasteiger charge is -2.10. The normalized spacial score (nSPS) is 10.1. The molecule has 0 fully saturated rings. The molecule has 0 atom stereocenters. The Morgan fingerprint density at radius 2 is 1.76 bits per heavy atom. The maximum absolute atomic E-state index is 4.42. The van der Waals surface area contributed by atoms with Crippen molar-refractivity contribution in [3.8, 4) is 0 Å². The van der Waals surface area contributed by atoms with Crippen LogP contribution in [0.15, 0.2) is 40.9 Å². The van der Waals surface area contributed by atoms with Gasteiger partial charge in [0.15, 0.2) is 0 Å². The number of hydrogen-bond acceptors (Lipinski definition) is 3. The summed E-state index contributed by atoms with van der Waals surface area (Å²) >= 11 is 3.51. The molecule has 2 N–H and O–H groups in total. The minimum atomic E-state index is 0.832. The molecular weight excluding hydrogens is 278 g/mol. The van der Waals surface area contributed by atoms with Gasteiger partial charge in [-0.2, -0.15) is 0 Å². The van der Waals surface area contributed by atoms with Gasteiger partial charge in [0.1, 0.15) is 11.6 Å². The van der Waals surface area contributed by atoms with Crippen molar-refractivity contribution in [1.29, 1.82) is 0 Å². The highest BCUT2D eigenvalue weighted by molar-refractivity contribution is 9.10. The number of halogens is 1. The van der Waals surface area contributed by atoms with E-state index in [1.54, 1.807) is 0 Å². The molecule has 0 aliphatic carbocycles. The van der Waals surface area contributed by atoms with Gasteiger partial charge in [0, 0.05) is 17.2 Å². The zero-order chi connectivity index (χ0) is 12.3. The van der Waals surface area contributed by atoms with Crippen LogP contribution in [0.1, 0.15) is 5.56 Å². The van der Waals surface area contributed by atoms with E-state index in [2.05, 4.69) is 38.5 Å². The van der Waals surface area contributed by atoms with Crippen molar-refractivity contribution in [1.82, 2.24) is 4.98 Å². The van der Waals surface area contributed by atoms with E-state index in [1.807, 2.05) is 43.4 Å². The Morgan fingerprint density at radius 1 is 1.06 bits per heavy atom. The molecule has 2 rings (SSSR count). The van der Waals surface area contributed by atoms with Crippen LogP contribution < -0.4 is 10.6 Å². The summed E-state index contributed by atoms with van der Waals surface area (Å²) in [5.74, 6) is 1.68. The molecule has 1 heterocycles. The number of pyridine rings is 1. The van der Waals surface area contributed by atoms with E-state index in [0.717, 1.165) is 21.8 Å². The standard InChI is InChI=1S/C13H14BrN3/c1-9-10(14)5-3-6-11(9)16-13-8-4-7-12(15-2)17-13/h3-8H,1-2H3,(H2,15,16,17). The number of nitrogens with one attached hydrogen (secondary N) is 2. The van der Waals surface area contributed by atoms with Crippen LogP contribution in [0, 0.1) is 6.92 Å². The molecule has 3 nitrogen and oxygen atoms in total. The van der Waals surface area contributed by atoms with Crippen LogP contribution >= 0.6 is 15.9 Å². The summed E-state index contributed by atoms with van der Waals surface area (Å²) in [4.78, 5) is 4.42. The van der Waals surface area contributed by atoms with Gasteiger partial charge in [0.05, 0.1) is 0 Å². The number of aromatic nitrogens is 1. The van der Waals surface area contributed by atoms with E-state index >= 15 is 0 Å². The fraction of sp³-hybridized carbons (Fsp3) is 0.154. The summed E-state index contributed by atoms with van der Waals surface area (Å²) in [6, 6.07) is 11.9. The Labute approximate surface area is 109 Å². The molecule has 1 aromatic heterocycles. The van der Waals surface area contributed by atoms with Gasteiger partial charge in [-0.15, -0.1) is 0 Å². The molecule has 2 aromatic rings. The molecule has 0 radical (unpaired) electrons. The molecule has 0 saturated carbocycles. The van der Waals surface area contributed by atoms with Crippen LogP contribution in [0.5, 0.6) is 0 Å². The number of rotatable bonds is 3. The van der Waals surface area contributed by atoms with E-state index in [9.17, 15) is 0 Å². The molecule has 1 aromatic carbocycles. The second kappa shape index (κ2) is 5.19. The molecule has 0 unspecified atom stereocenters. The fourth-order valence-electron chi connectivity index (χ4n) is 1.52. The molecule has 0 spiro atoms. The van der Waals surface area contributed by atoms with Crippen LogP contribution in [0.3, 0.4) is 0 Å². The highest BCUT2D eigenvalue weighted by Crippen LogP contribution is 2.26.